The molecule has 0 aliphatic rings. The number of nitro groups is 1. The van der Waals surface area contributed by atoms with Gasteiger partial charge >= 0.3 is 0 Å². The largest absolute Gasteiger partial charge is 0.381 e. The van der Waals surface area contributed by atoms with Gasteiger partial charge in [0.1, 0.15) is 6.10 Å². The molecule has 3 aromatic rings. The Morgan fingerprint density at radius 1 is 1.05 bits per heavy atom. The number of benzene rings is 3. The first-order valence-corrected chi connectivity index (χ1v) is 7.35. The maximum absolute atomic E-state index is 11.3. The predicted octanol–water partition coefficient (Wildman–Crippen LogP) is 4.08. The standard InChI is InChI=1S/C18H17NO3/c1-2-16(19(21)22)18(20)17-14-9-5-3-7-12(14)11-13-8-4-6-10-15(13)17/h3-11,16,18,20H,2H2,1H3/t16-,18+/m0/s1. The van der Waals surface area contributed by atoms with Gasteiger partial charge in [0.05, 0.1) is 0 Å². The summed E-state index contributed by atoms with van der Waals surface area (Å²) in [5.41, 5.74) is 0.650. The predicted molar refractivity (Wildman–Crippen MR) is 87.5 cm³/mol. The van der Waals surface area contributed by atoms with Crippen molar-refractivity contribution in [2.75, 3.05) is 0 Å². The van der Waals surface area contributed by atoms with E-state index in [1.807, 2.05) is 54.6 Å². The smallest absolute Gasteiger partial charge is 0.242 e. The third kappa shape index (κ3) is 2.31. The zero-order chi connectivity index (χ0) is 15.7. The second kappa shape index (κ2) is 5.73. The number of hydrogen-bond acceptors (Lipinski definition) is 3. The van der Waals surface area contributed by atoms with Crippen molar-refractivity contribution in [3.05, 3.63) is 70.3 Å². The summed E-state index contributed by atoms with van der Waals surface area (Å²) < 4.78 is 0. The first-order valence-electron chi connectivity index (χ1n) is 7.35. The van der Waals surface area contributed by atoms with Crippen LogP contribution in [0.2, 0.25) is 0 Å². The Kier molecular flexibility index (Phi) is 3.77. The molecule has 4 nitrogen and oxygen atoms in total. The third-order valence-electron chi connectivity index (χ3n) is 4.16. The van der Waals surface area contributed by atoms with Crippen molar-refractivity contribution < 1.29 is 10.0 Å². The van der Waals surface area contributed by atoms with Crippen LogP contribution < -0.4 is 0 Å². The highest BCUT2D eigenvalue weighted by Crippen LogP contribution is 2.35. The molecule has 0 aromatic heterocycles. The molecule has 22 heavy (non-hydrogen) atoms. The number of aliphatic hydroxyl groups is 1. The van der Waals surface area contributed by atoms with E-state index in [9.17, 15) is 15.2 Å². The van der Waals surface area contributed by atoms with Crippen LogP contribution in [-0.2, 0) is 0 Å². The highest BCUT2D eigenvalue weighted by molar-refractivity contribution is 6.02. The summed E-state index contributed by atoms with van der Waals surface area (Å²) in [4.78, 5) is 10.9. The maximum Gasteiger partial charge on any atom is 0.242 e. The number of hydrogen-bond donors (Lipinski definition) is 1. The normalized spacial score (nSPS) is 14.1. The minimum atomic E-state index is -1.13. The number of fused-ring (bicyclic) bond motifs is 2. The van der Waals surface area contributed by atoms with E-state index in [1.165, 1.54) is 0 Å². The van der Waals surface area contributed by atoms with Gasteiger partial charge in [0, 0.05) is 16.9 Å². The van der Waals surface area contributed by atoms with Crippen LogP contribution >= 0.6 is 0 Å². The second-order valence-electron chi connectivity index (χ2n) is 5.44. The van der Waals surface area contributed by atoms with Gasteiger partial charge in [-0.15, -0.1) is 0 Å². The molecular weight excluding hydrogens is 278 g/mol. The van der Waals surface area contributed by atoms with Crippen molar-refractivity contribution in [2.45, 2.75) is 25.5 Å². The summed E-state index contributed by atoms with van der Waals surface area (Å²) in [6.07, 6.45) is -0.845. The molecule has 0 spiro atoms. The van der Waals surface area contributed by atoms with Gasteiger partial charge in [-0.3, -0.25) is 10.1 Å². The van der Waals surface area contributed by atoms with Crippen LogP contribution in [0.1, 0.15) is 25.0 Å². The van der Waals surface area contributed by atoms with Gasteiger partial charge in [-0.1, -0.05) is 55.5 Å². The van der Waals surface area contributed by atoms with Crippen LogP contribution in [0, 0.1) is 10.1 Å². The highest BCUT2D eigenvalue weighted by Gasteiger charge is 2.31. The lowest BCUT2D eigenvalue weighted by atomic mass is 9.90. The molecule has 0 aliphatic heterocycles. The summed E-state index contributed by atoms with van der Waals surface area (Å²) in [6, 6.07) is 16.4. The average molecular weight is 295 g/mol. The monoisotopic (exact) mass is 295 g/mol. The lowest BCUT2D eigenvalue weighted by Gasteiger charge is -2.19. The molecule has 2 atom stereocenters. The van der Waals surface area contributed by atoms with Crippen LogP contribution in [0.5, 0.6) is 0 Å². The van der Waals surface area contributed by atoms with Crippen molar-refractivity contribution >= 4 is 21.5 Å². The maximum atomic E-state index is 11.3. The second-order valence-corrected chi connectivity index (χ2v) is 5.44. The zero-order valence-corrected chi connectivity index (χ0v) is 12.3. The van der Waals surface area contributed by atoms with Crippen molar-refractivity contribution in [1.82, 2.24) is 0 Å². The summed E-state index contributed by atoms with van der Waals surface area (Å²) in [5.74, 6) is 0. The first kappa shape index (κ1) is 14.5. The van der Waals surface area contributed by atoms with E-state index in [1.54, 1.807) is 6.92 Å². The van der Waals surface area contributed by atoms with Crippen LogP contribution in [-0.4, -0.2) is 16.1 Å². The molecular formula is C18H17NO3. The number of aliphatic hydroxyl groups excluding tert-OH is 1. The fraction of sp³-hybridized carbons (Fsp3) is 0.222. The lowest BCUT2D eigenvalue weighted by Crippen LogP contribution is -2.27. The van der Waals surface area contributed by atoms with E-state index in [0.29, 0.717) is 5.56 Å². The number of nitrogens with zero attached hydrogens (tertiary/aromatic N) is 1. The van der Waals surface area contributed by atoms with Crippen LogP contribution in [0.4, 0.5) is 0 Å². The lowest BCUT2D eigenvalue weighted by molar-refractivity contribution is -0.536. The van der Waals surface area contributed by atoms with E-state index in [0.717, 1.165) is 21.5 Å². The van der Waals surface area contributed by atoms with Gasteiger partial charge < -0.3 is 5.11 Å². The topological polar surface area (TPSA) is 63.4 Å². The molecule has 0 heterocycles. The van der Waals surface area contributed by atoms with Crippen LogP contribution in [0.25, 0.3) is 21.5 Å². The molecule has 3 rings (SSSR count). The van der Waals surface area contributed by atoms with Crippen LogP contribution in [0.15, 0.2) is 54.6 Å². The minimum absolute atomic E-state index is 0.283. The van der Waals surface area contributed by atoms with E-state index in [4.69, 9.17) is 0 Å². The molecule has 1 N–H and O–H groups in total. The van der Waals surface area contributed by atoms with Gasteiger partial charge in [-0.2, -0.15) is 0 Å². The van der Waals surface area contributed by atoms with Gasteiger partial charge in [-0.25, -0.2) is 0 Å². The first-order chi connectivity index (χ1) is 10.6. The quantitative estimate of drug-likeness (QED) is 0.448. The summed E-state index contributed by atoms with van der Waals surface area (Å²) in [7, 11) is 0. The molecule has 0 saturated heterocycles. The van der Waals surface area contributed by atoms with Crippen molar-refractivity contribution in [1.29, 1.82) is 0 Å². The summed E-state index contributed by atoms with van der Waals surface area (Å²) >= 11 is 0. The Labute approximate surface area is 128 Å². The molecule has 0 aliphatic carbocycles. The van der Waals surface area contributed by atoms with E-state index in [2.05, 4.69) is 0 Å². The van der Waals surface area contributed by atoms with Crippen molar-refractivity contribution in [3.63, 3.8) is 0 Å². The van der Waals surface area contributed by atoms with Gasteiger partial charge in [0.2, 0.25) is 6.04 Å². The molecule has 0 fully saturated rings. The van der Waals surface area contributed by atoms with Crippen molar-refractivity contribution in [3.8, 4) is 0 Å². The van der Waals surface area contributed by atoms with Crippen LogP contribution in [0.3, 0.4) is 0 Å². The highest BCUT2D eigenvalue weighted by atomic mass is 16.6. The Morgan fingerprint density at radius 3 is 2.00 bits per heavy atom. The summed E-state index contributed by atoms with van der Waals surface area (Å²) in [6.45, 7) is 1.73. The average Bonchev–Trinajstić information content (AvgIpc) is 2.52. The number of rotatable bonds is 4. The molecule has 0 amide bonds. The van der Waals surface area contributed by atoms with Gasteiger partial charge in [0.15, 0.2) is 0 Å². The third-order valence-corrected chi connectivity index (χ3v) is 4.16. The zero-order valence-electron chi connectivity index (χ0n) is 12.3. The Balaban J connectivity index is 2.35. The van der Waals surface area contributed by atoms with E-state index < -0.39 is 12.1 Å². The molecule has 112 valence electrons. The molecule has 0 saturated carbocycles. The molecule has 0 unspecified atom stereocenters. The van der Waals surface area contributed by atoms with Crippen molar-refractivity contribution in [2.24, 2.45) is 0 Å². The summed E-state index contributed by atoms with van der Waals surface area (Å²) in [5, 5.41) is 25.7. The fourth-order valence-electron chi connectivity index (χ4n) is 3.05. The van der Waals surface area contributed by atoms with Gasteiger partial charge in [-0.05, 0) is 27.6 Å². The molecule has 4 heteroatoms. The minimum Gasteiger partial charge on any atom is -0.381 e. The Hall–Kier alpha value is -2.46. The van der Waals surface area contributed by atoms with Gasteiger partial charge in [0.25, 0.3) is 0 Å². The molecule has 0 bridgehead atoms. The molecule has 3 aromatic carbocycles. The fourth-order valence-corrected chi connectivity index (χ4v) is 3.05. The molecule has 0 radical (unpaired) electrons. The van der Waals surface area contributed by atoms with E-state index in [-0.39, 0.29) is 11.3 Å². The van der Waals surface area contributed by atoms with E-state index >= 15 is 0 Å². The SMILES string of the molecule is CC[C@@H]([C@@H](O)c1c2ccccc2cc2ccccc12)[N+](=O)[O-]. The Bertz CT molecular complexity index is 790. The Morgan fingerprint density at radius 2 is 1.55 bits per heavy atom.